The number of rotatable bonds is 2. The number of hydrogen-bond acceptors (Lipinski definition) is 3. The van der Waals surface area contributed by atoms with Crippen LogP contribution < -0.4 is 5.56 Å². The summed E-state index contributed by atoms with van der Waals surface area (Å²) in [5.74, 6) is 0.709. The molecule has 1 aromatic heterocycles. The molecule has 3 rings (SSSR count). The maximum atomic E-state index is 12.0. The summed E-state index contributed by atoms with van der Waals surface area (Å²) in [4.78, 5) is 21.5. The summed E-state index contributed by atoms with van der Waals surface area (Å²) in [6.07, 6.45) is 0.854. The Kier molecular flexibility index (Phi) is 3.17. The number of fused-ring (bicyclic) bond motifs is 1. The highest BCUT2D eigenvalue weighted by Gasteiger charge is 2.20. The SMILES string of the molecule is Cc1nc2c(c(=O)[nH]1)CN(Cc1ccccc1)CC2. The van der Waals surface area contributed by atoms with E-state index in [1.165, 1.54) is 5.56 Å². The molecule has 4 heteroatoms. The summed E-state index contributed by atoms with van der Waals surface area (Å²) in [7, 11) is 0. The minimum atomic E-state index is 0.0141. The Morgan fingerprint density at radius 3 is 2.89 bits per heavy atom. The molecule has 0 saturated carbocycles. The van der Waals surface area contributed by atoms with Crippen LogP contribution in [0, 0.1) is 6.92 Å². The number of aromatic amines is 1. The number of hydrogen-bond donors (Lipinski definition) is 1. The van der Waals surface area contributed by atoms with E-state index in [1.807, 2.05) is 25.1 Å². The van der Waals surface area contributed by atoms with E-state index in [-0.39, 0.29) is 5.56 Å². The van der Waals surface area contributed by atoms with Crippen LogP contribution in [0.1, 0.15) is 22.6 Å². The van der Waals surface area contributed by atoms with Crippen LogP contribution in [0.15, 0.2) is 35.1 Å². The van der Waals surface area contributed by atoms with Crippen LogP contribution in [0.25, 0.3) is 0 Å². The molecular formula is C15H17N3O. The number of nitrogens with one attached hydrogen (secondary N) is 1. The molecule has 1 N–H and O–H groups in total. The van der Waals surface area contributed by atoms with Gasteiger partial charge >= 0.3 is 0 Å². The lowest BCUT2D eigenvalue weighted by molar-refractivity contribution is 0.241. The minimum Gasteiger partial charge on any atom is -0.310 e. The third kappa shape index (κ3) is 2.58. The van der Waals surface area contributed by atoms with Gasteiger partial charge in [-0.25, -0.2) is 4.98 Å². The third-order valence-electron chi connectivity index (χ3n) is 3.52. The first kappa shape index (κ1) is 12.1. The minimum absolute atomic E-state index is 0.0141. The van der Waals surface area contributed by atoms with Gasteiger partial charge in [-0.2, -0.15) is 0 Å². The van der Waals surface area contributed by atoms with Crippen molar-refractivity contribution in [2.75, 3.05) is 6.54 Å². The Bertz CT molecular complexity index is 634. The monoisotopic (exact) mass is 255 g/mol. The lowest BCUT2D eigenvalue weighted by atomic mass is 10.1. The first-order chi connectivity index (χ1) is 9.22. The topological polar surface area (TPSA) is 49.0 Å². The predicted molar refractivity (Wildman–Crippen MR) is 73.9 cm³/mol. The number of aromatic nitrogens is 2. The van der Waals surface area contributed by atoms with Gasteiger partial charge in [0.1, 0.15) is 5.82 Å². The lowest BCUT2D eigenvalue weighted by Gasteiger charge is -2.27. The van der Waals surface area contributed by atoms with Gasteiger partial charge in [0.05, 0.1) is 11.3 Å². The average Bonchev–Trinajstić information content (AvgIpc) is 2.40. The highest BCUT2D eigenvalue weighted by Crippen LogP contribution is 2.16. The molecule has 1 aromatic carbocycles. The van der Waals surface area contributed by atoms with Gasteiger partial charge in [0.2, 0.25) is 0 Å². The molecule has 1 aliphatic heterocycles. The Morgan fingerprint density at radius 1 is 1.32 bits per heavy atom. The van der Waals surface area contributed by atoms with Crippen molar-refractivity contribution in [3.8, 4) is 0 Å². The maximum absolute atomic E-state index is 12.0. The highest BCUT2D eigenvalue weighted by molar-refractivity contribution is 5.21. The van der Waals surface area contributed by atoms with Crippen molar-refractivity contribution in [2.45, 2.75) is 26.4 Å². The average molecular weight is 255 g/mol. The van der Waals surface area contributed by atoms with Crippen LogP contribution in [0.3, 0.4) is 0 Å². The molecule has 19 heavy (non-hydrogen) atoms. The second-order valence-electron chi connectivity index (χ2n) is 5.02. The molecule has 2 heterocycles. The molecule has 0 spiro atoms. The van der Waals surface area contributed by atoms with Crippen LogP contribution in [0.2, 0.25) is 0 Å². The quantitative estimate of drug-likeness (QED) is 0.887. The zero-order chi connectivity index (χ0) is 13.2. The van der Waals surface area contributed by atoms with E-state index in [2.05, 4.69) is 27.0 Å². The molecule has 4 nitrogen and oxygen atoms in total. The first-order valence-corrected chi connectivity index (χ1v) is 6.57. The van der Waals surface area contributed by atoms with Crippen molar-refractivity contribution in [1.29, 1.82) is 0 Å². The zero-order valence-electron chi connectivity index (χ0n) is 11.0. The van der Waals surface area contributed by atoms with Gasteiger partial charge in [0, 0.05) is 26.1 Å². The fourth-order valence-corrected chi connectivity index (χ4v) is 2.58. The molecule has 0 radical (unpaired) electrons. The van der Waals surface area contributed by atoms with Crippen LogP contribution in [0.5, 0.6) is 0 Å². The van der Waals surface area contributed by atoms with E-state index in [0.717, 1.165) is 30.8 Å². The van der Waals surface area contributed by atoms with E-state index in [0.29, 0.717) is 12.4 Å². The molecule has 0 unspecified atom stereocenters. The predicted octanol–water partition coefficient (Wildman–Crippen LogP) is 1.64. The van der Waals surface area contributed by atoms with Crippen LogP contribution in [0.4, 0.5) is 0 Å². The molecule has 0 aliphatic carbocycles. The van der Waals surface area contributed by atoms with Gasteiger partial charge in [-0.05, 0) is 12.5 Å². The Morgan fingerprint density at radius 2 is 2.11 bits per heavy atom. The second-order valence-corrected chi connectivity index (χ2v) is 5.02. The normalized spacial score (nSPS) is 15.2. The maximum Gasteiger partial charge on any atom is 0.255 e. The molecule has 0 amide bonds. The number of aryl methyl sites for hydroxylation is 1. The largest absolute Gasteiger partial charge is 0.310 e. The summed E-state index contributed by atoms with van der Waals surface area (Å²) in [5.41, 5.74) is 3.08. The van der Waals surface area contributed by atoms with Crippen molar-refractivity contribution in [3.63, 3.8) is 0 Å². The number of nitrogens with zero attached hydrogens (tertiary/aromatic N) is 2. The van der Waals surface area contributed by atoms with Gasteiger partial charge in [-0.3, -0.25) is 9.69 Å². The van der Waals surface area contributed by atoms with Gasteiger partial charge in [-0.15, -0.1) is 0 Å². The van der Waals surface area contributed by atoms with Crippen molar-refractivity contribution in [1.82, 2.24) is 14.9 Å². The molecule has 0 saturated heterocycles. The summed E-state index contributed by atoms with van der Waals surface area (Å²) in [6.45, 7) is 4.36. The molecule has 0 bridgehead atoms. The van der Waals surface area contributed by atoms with E-state index < -0.39 is 0 Å². The summed E-state index contributed by atoms with van der Waals surface area (Å²) in [6, 6.07) is 10.3. The van der Waals surface area contributed by atoms with Gasteiger partial charge in [0.25, 0.3) is 5.56 Å². The van der Waals surface area contributed by atoms with Crippen molar-refractivity contribution in [3.05, 3.63) is 63.3 Å². The van der Waals surface area contributed by atoms with Crippen LogP contribution >= 0.6 is 0 Å². The van der Waals surface area contributed by atoms with Crippen molar-refractivity contribution in [2.24, 2.45) is 0 Å². The molecule has 98 valence electrons. The second kappa shape index (κ2) is 4.97. The van der Waals surface area contributed by atoms with Gasteiger partial charge in [0.15, 0.2) is 0 Å². The summed E-state index contributed by atoms with van der Waals surface area (Å²) in [5, 5.41) is 0. The summed E-state index contributed by atoms with van der Waals surface area (Å²) >= 11 is 0. The van der Waals surface area contributed by atoms with Crippen molar-refractivity contribution < 1.29 is 0 Å². The van der Waals surface area contributed by atoms with Gasteiger partial charge in [-0.1, -0.05) is 30.3 Å². The highest BCUT2D eigenvalue weighted by atomic mass is 16.1. The van der Waals surface area contributed by atoms with Gasteiger partial charge < -0.3 is 4.98 Å². The fraction of sp³-hybridized carbons (Fsp3) is 0.333. The molecule has 0 fully saturated rings. The van der Waals surface area contributed by atoms with E-state index in [9.17, 15) is 4.79 Å². The molecule has 1 aliphatic rings. The van der Waals surface area contributed by atoms with Crippen molar-refractivity contribution >= 4 is 0 Å². The van der Waals surface area contributed by atoms with E-state index in [1.54, 1.807) is 0 Å². The smallest absolute Gasteiger partial charge is 0.255 e. The molecule has 2 aromatic rings. The lowest BCUT2D eigenvalue weighted by Crippen LogP contribution is -2.35. The first-order valence-electron chi connectivity index (χ1n) is 6.57. The Labute approximate surface area is 112 Å². The standard InChI is InChI=1S/C15H17N3O/c1-11-16-14-7-8-18(10-13(14)15(19)17-11)9-12-5-3-2-4-6-12/h2-6H,7-10H2,1H3,(H,16,17,19). The van der Waals surface area contributed by atoms with Crippen LogP contribution in [-0.2, 0) is 19.5 Å². The fourth-order valence-electron chi connectivity index (χ4n) is 2.58. The Balaban J connectivity index is 1.81. The van der Waals surface area contributed by atoms with Crippen LogP contribution in [-0.4, -0.2) is 21.4 Å². The van der Waals surface area contributed by atoms with E-state index in [4.69, 9.17) is 0 Å². The Hall–Kier alpha value is -1.94. The molecular weight excluding hydrogens is 238 g/mol. The van der Waals surface area contributed by atoms with E-state index >= 15 is 0 Å². The zero-order valence-corrected chi connectivity index (χ0v) is 11.0. The third-order valence-corrected chi connectivity index (χ3v) is 3.52. The number of H-pyrrole nitrogens is 1. The molecule has 0 atom stereocenters. The number of benzene rings is 1. The summed E-state index contributed by atoms with van der Waals surface area (Å²) < 4.78 is 0.